The van der Waals surface area contributed by atoms with Crippen molar-refractivity contribution in [1.82, 2.24) is 20.2 Å². The normalized spacial score (nSPS) is 14.0. The molecule has 0 aliphatic carbocycles. The van der Waals surface area contributed by atoms with Crippen LogP contribution in [-0.4, -0.2) is 31.3 Å². The third kappa shape index (κ3) is 2.38. The first-order valence-electron chi connectivity index (χ1n) is 6.19. The van der Waals surface area contributed by atoms with E-state index in [-0.39, 0.29) is 11.4 Å². The molecular weight excluding hydrogens is 263 g/mol. The predicted octanol–water partition coefficient (Wildman–Crippen LogP) is 2.07. The highest BCUT2D eigenvalue weighted by molar-refractivity contribution is 5.70. The number of hydrogen-bond acceptors (Lipinski definition) is 4. The summed E-state index contributed by atoms with van der Waals surface area (Å²) in [5.41, 5.74) is 0.746. The molecule has 106 valence electrons. The molecular formula is C13H15FN4O2. The highest BCUT2D eigenvalue weighted by Gasteiger charge is 2.26. The maximum atomic E-state index is 14.1. The quantitative estimate of drug-likeness (QED) is 0.925. The second kappa shape index (κ2) is 5.36. The van der Waals surface area contributed by atoms with Gasteiger partial charge in [-0.15, -0.1) is 5.10 Å². The van der Waals surface area contributed by atoms with Crippen molar-refractivity contribution >= 4 is 5.97 Å². The molecule has 1 N–H and O–H groups in total. The number of carboxylic acid groups (broad SMARTS) is 1. The summed E-state index contributed by atoms with van der Waals surface area (Å²) in [6, 6.07) is 4.44. The summed E-state index contributed by atoms with van der Waals surface area (Å²) < 4.78 is 15.5. The summed E-state index contributed by atoms with van der Waals surface area (Å²) in [6.07, 6.45) is 0. The molecule has 0 aliphatic heterocycles. The Bertz CT molecular complexity index is 641. The van der Waals surface area contributed by atoms with Gasteiger partial charge in [-0.2, -0.15) is 0 Å². The first-order chi connectivity index (χ1) is 9.43. The Kier molecular flexibility index (Phi) is 3.78. The Labute approximate surface area is 115 Å². The largest absolute Gasteiger partial charge is 0.481 e. The van der Waals surface area contributed by atoms with Gasteiger partial charge in [0.25, 0.3) is 0 Å². The first-order valence-corrected chi connectivity index (χ1v) is 6.19. The lowest BCUT2D eigenvalue weighted by atomic mass is 10.0. The third-order valence-corrected chi connectivity index (χ3v) is 3.42. The highest BCUT2D eigenvalue weighted by atomic mass is 19.1. The molecule has 0 spiro atoms. The van der Waals surface area contributed by atoms with Crippen molar-refractivity contribution in [3.05, 3.63) is 29.6 Å². The Balaban J connectivity index is 2.48. The molecule has 2 rings (SSSR count). The number of hydrogen-bond donors (Lipinski definition) is 1. The minimum atomic E-state index is -0.955. The average Bonchev–Trinajstić information content (AvgIpc) is 2.89. The molecule has 0 saturated carbocycles. The fourth-order valence-corrected chi connectivity index (χ4v) is 1.88. The van der Waals surface area contributed by atoms with Crippen LogP contribution in [0.2, 0.25) is 0 Å². The van der Waals surface area contributed by atoms with Gasteiger partial charge in [-0.1, -0.05) is 12.1 Å². The maximum absolute atomic E-state index is 14.1. The number of carboxylic acids is 1. The maximum Gasteiger partial charge on any atom is 0.308 e. The fraction of sp³-hybridized carbons (Fsp3) is 0.385. The zero-order chi connectivity index (χ0) is 14.9. The van der Waals surface area contributed by atoms with Crippen LogP contribution in [0.1, 0.15) is 25.5 Å². The molecule has 2 atom stereocenters. The van der Waals surface area contributed by atoms with Gasteiger partial charge in [0.05, 0.1) is 17.5 Å². The number of nitrogens with zero attached hydrogens (tertiary/aromatic N) is 4. The van der Waals surface area contributed by atoms with Crippen LogP contribution in [0.5, 0.6) is 0 Å². The van der Waals surface area contributed by atoms with E-state index in [1.54, 1.807) is 39.0 Å². The van der Waals surface area contributed by atoms with Crippen LogP contribution < -0.4 is 0 Å². The summed E-state index contributed by atoms with van der Waals surface area (Å²) in [5, 5.41) is 20.2. The molecule has 0 fully saturated rings. The molecule has 0 aliphatic rings. The zero-order valence-corrected chi connectivity index (χ0v) is 11.4. The van der Waals surface area contributed by atoms with E-state index in [2.05, 4.69) is 15.5 Å². The lowest BCUT2D eigenvalue weighted by molar-refractivity contribution is -0.142. The van der Waals surface area contributed by atoms with Crippen molar-refractivity contribution in [1.29, 1.82) is 0 Å². The number of rotatable bonds is 4. The van der Waals surface area contributed by atoms with E-state index in [0.29, 0.717) is 5.56 Å². The summed E-state index contributed by atoms with van der Waals surface area (Å²) >= 11 is 0. The SMILES string of the molecule is Cc1cccc(-c2nnnn2C(C)C(C)C(=O)O)c1F. The standard InChI is InChI=1S/C13H15FN4O2/c1-7-5-4-6-10(11(7)14)12-15-16-17-18(12)9(3)8(2)13(19)20/h4-6,8-9H,1-3H3,(H,19,20). The third-order valence-electron chi connectivity index (χ3n) is 3.42. The molecule has 2 aromatic rings. The molecule has 2 unspecified atom stereocenters. The lowest BCUT2D eigenvalue weighted by Crippen LogP contribution is -2.23. The van der Waals surface area contributed by atoms with E-state index in [1.165, 1.54) is 4.68 Å². The average molecular weight is 278 g/mol. The van der Waals surface area contributed by atoms with Gasteiger partial charge in [-0.25, -0.2) is 9.07 Å². The van der Waals surface area contributed by atoms with Crippen molar-refractivity contribution in [3.8, 4) is 11.4 Å². The lowest BCUT2D eigenvalue weighted by Gasteiger charge is -2.17. The Morgan fingerprint density at radius 1 is 1.40 bits per heavy atom. The van der Waals surface area contributed by atoms with Crippen LogP contribution in [0.15, 0.2) is 18.2 Å². The van der Waals surface area contributed by atoms with E-state index in [1.807, 2.05) is 0 Å². The van der Waals surface area contributed by atoms with Crippen molar-refractivity contribution in [2.45, 2.75) is 26.8 Å². The number of benzene rings is 1. The van der Waals surface area contributed by atoms with Crippen LogP contribution in [0.3, 0.4) is 0 Å². The number of tetrazole rings is 1. The number of halogens is 1. The van der Waals surface area contributed by atoms with Crippen LogP contribution in [0, 0.1) is 18.7 Å². The molecule has 6 nitrogen and oxygen atoms in total. The van der Waals surface area contributed by atoms with E-state index in [0.717, 1.165) is 0 Å². The number of aryl methyl sites for hydroxylation is 1. The molecule has 0 radical (unpaired) electrons. The molecule has 20 heavy (non-hydrogen) atoms. The molecule has 1 heterocycles. The smallest absolute Gasteiger partial charge is 0.308 e. The van der Waals surface area contributed by atoms with Gasteiger partial charge in [0.15, 0.2) is 5.82 Å². The van der Waals surface area contributed by atoms with Crippen LogP contribution in [0.4, 0.5) is 4.39 Å². The molecule has 0 amide bonds. The van der Waals surface area contributed by atoms with Crippen LogP contribution in [-0.2, 0) is 4.79 Å². The fourth-order valence-electron chi connectivity index (χ4n) is 1.88. The molecule has 1 aromatic heterocycles. The van der Waals surface area contributed by atoms with Crippen molar-refractivity contribution < 1.29 is 14.3 Å². The molecule has 0 bridgehead atoms. The molecule has 7 heteroatoms. The van der Waals surface area contributed by atoms with E-state index in [9.17, 15) is 9.18 Å². The van der Waals surface area contributed by atoms with Crippen molar-refractivity contribution in [2.75, 3.05) is 0 Å². The topological polar surface area (TPSA) is 80.9 Å². The van der Waals surface area contributed by atoms with E-state index < -0.39 is 23.7 Å². The number of aliphatic carboxylic acids is 1. The summed E-state index contributed by atoms with van der Waals surface area (Å²) in [4.78, 5) is 11.0. The molecule has 1 aromatic carbocycles. The predicted molar refractivity (Wildman–Crippen MR) is 69.5 cm³/mol. The Morgan fingerprint density at radius 3 is 2.75 bits per heavy atom. The molecule has 0 saturated heterocycles. The van der Waals surface area contributed by atoms with Gasteiger partial charge in [0.1, 0.15) is 5.82 Å². The number of aromatic nitrogens is 4. The summed E-state index contributed by atoms with van der Waals surface area (Å²) in [6.45, 7) is 4.90. The summed E-state index contributed by atoms with van der Waals surface area (Å²) in [7, 11) is 0. The number of carbonyl (C=O) groups is 1. The van der Waals surface area contributed by atoms with Crippen LogP contribution in [0.25, 0.3) is 11.4 Å². The van der Waals surface area contributed by atoms with Gasteiger partial charge >= 0.3 is 5.97 Å². The Morgan fingerprint density at radius 2 is 2.10 bits per heavy atom. The van der Waals surface area contributed by atoms with E-state index in [4.69, 9.17) is 5.11 Å². The van der Waals surface area contributed by atoms with Gasteiger partial charge in [-0.3, -0.25) is 4.79 Å². The minimum Gasteiger partial charge on any atom is -0.481 e. The second-order valence-electron chi connectivity index (χ2n) is 4.75. The van der Waals surface area contributed by atoms with Gasteiger partial charge in [-0.05, 0) is 42.8 Å². The first kappa shape index (κ1) is 14.1. The Hall–Kier alpha value is -2.31. The van der Waals surface area contributed by atoms with Gasteiger partial charge < -0.3 is 5.11 Å². The highest BCUT2D eigenvalue weighted by Crippen LogP contribution is 2.26. The monoisotopic (exact) mass is 278 g/mol. The van der Waals surface area contributed by atoms with E-state index >= 15 is 0 Å². The summed E-state index contributed by atoms with van der Waals surface area (Å²) in [5.74, 6) is -1.82. The van der Waals surface area contributed by atoms with Crippen molar-refractivity contribution in [3.63, 3.8) is 0 Å². The second-order valence-corrected chi connectivity index (χ2v) is 4.75. The van der Waals surface area contributed by atoms with Gasteiger partial charge in [0.2, 0.25) is 0 Å². The zero-order valence-electron chi connectivity index (χ0n) is 11.4. The van der Waals surface area contributed by atoms with Crippen molar-refractivity contribution in [2.24, 2.45) is 5.92 Å². The van der Waals surface area contributed by atoms with Gasteiger partial charge in [0, 0.05) is 0 Å². The minimum absolute atomic E-state index is 0.229. The van der Waals surface area contributed by atoms with Crippen LogP contribution >= 0.6 is 0 Å².